The highest BCUT2D eigenvalue weighted by atomic mass is 79.9. The second-order valence-electron chi connectivity index (χ2n) is 3.93. The molecular weight excluding hydrogens is 354 g/mol. The number of rotatable bonds is 2. The zero-order valence-corrected chi connectivity index (χ0v) is 12.2. The van der Waals surface area contributed by atoms with Gasteiger partial charge in [0.1, 0.15) is 17.2 Å². The van der Waals surface area contributed by atoms with Crippen LogP contribution in [-0.2, 0) is 0 Å². The van der Waals surface area contributed by atoms with Crippen molar-refractivity contribution in [2.75, 3.05) is 11.1 Å². The standard InChI is InChI=1S/C13H8BrClF2N2O/c14-6-3-8(16)12(9(17)4-6)13(20)19-11-2-1-7(15)5-10(11)18/h1-5H,18H2,(H,19,20). The van der Waals surface area contributed by atoms with Crippen molar-refractivity contribution in [1.82, 2.24) is 0 Å². The number of carbonyl (C=O) groups excluding carboxylic acids is 1. The molecule has 0 unspecified atom stereocenters. The van der Waals surface area contributed by atoms with Crippen molar-refractivity contribution in [2.45, 2.75) is 0 Å². The fraction of sp³-hybridized carbons (Fsp3) is 0. The number of nitrogen functional groups attached to an aromatic ring is 1. The van der Waals surface area contributed by atoms with Gasteiger partial charge >= 0.3 is 0 Å². The Labute approximate surface area is 126 Å². The third-order valence-electron chi connectivity index (χ3n) is 2.50. The van der Waals surface area contributed by atoms with Gasteiger partial charge in [0, 0.05) is 9.50 Å². The second-order valence-corrected chi connectivity index (χ2v) is 5.28. The van der Waals surface area contributed by atoms with Gasteiger partial charge in [0.2, 0.25) is 0 Å². The lowest BCUT2D eigenvalue weighted by Crippen LogP contribution is -2.16. The van der Waals surface area contributed by atoms with Crippen LogP contribution in [0.5, 0.6) is 0 Å². The Bertz CT molecular complexity index is 671. The SMILES string of the molecule is Nc1cc(Cl)ccc1NC(=O)c1c(F)cc(Br)cc1F. The van der Waals surface area contributed by atoms with Gasteiger partial charge in [-0.25, -0.2) is 8.78 Å². The van der Waals surface area contributed by atoms with Gasteiger partial charge in [-0.1, -0.05) is 27.5 Å². The summed E-state index contributed by atoms with van der Waals surface area (Å²) in [4.78, 5) is 11.9. The van der Waals surface area contributed by atoms with Gasteiger partial charge in [-0.2, -0.15) is 0 Å². The van der Waals surface area contributed by atoms with Crippen LogP contribution in [0.25, 0.3) is 0 Å². The minimum atomic E-state index is -0.970. The van der Waals surface area contributed by atoms with Crippen LogP contribution in [0.1, 0.15) is 10.4 Å². The molecule has 0 fully saturated rings. The quantitative estimate of drug-likeness (QED) is 0.787. The van der Waals surface area contributed by atoms with E-state index in [9.17, 15) is 13.6 Å². The van der Waals surface area contributed by atoms with E-state index in [2.05, 4.69) is 21.2 Å². The van der Waals surface area contributed by atoms with Crippen molar-refractivity contribution in [1.29, 1.82) is 0 Å². The molecule has 0 aromatic heterocycles. The molecular formula is C13H8BrClF2N2O. The predicted molar refractivity (Wildman–Crippen MR) is 77.9 cm³/mol. The number of halogens is 4. The lowest BCUT2D eigenvalue weighted by atomic mass is 10.1. The predicted octanol–water partition coefficient (Wildman–Crippen LogP) is 4.22. The summed E-state index contributed by atoms with van der Waals surface area (Å²) in [5.41, 5.74) is 5.40. The number of anilines is 2. The van der Waals surface area contributed by atoms with Gasteiger partial charge in [0.25, 0.3) is 5.91 Å². The fourth-order valence-corrected chi connectivity index (χ4v) is 2.17. The molecule has 0 aliphatic carbocycles. The van der Waals surface area contributed by atoms with Gasteiger partial charge in [-0.05, 0) is 30.3 Å². The Morgan fingerprint density at radius 3 is 2.35 bits per heavy atom. The zero-order chi connectivity index (χ0) is 14.9. The van der Waals surface area contributed by atoms with Gasteiger partial charge in [0.15, 0.2) is 0 Å². The average molecular weight is 362 g/mol. The average Bonchev–Trinajstić information content (AvgIpc) is 2.31. The van der Waals surface area contributed by atoms with E-state index in [1.807, 2.05) is 0 Å². The molecule has 7 heteroatoms. The normalized spacial score (nSPS) is 10.4. The fourth-order valence-electron chi connectivity index (χ4n) is 1.59. The zero-order valence-electron chi connectivity index (χ0n) is 9.88. The molecule has 20 heavy (non-hydrogen) atoms. The van der Waals surface area contributed by atoms with Gasteiger partial charge in [-0.15, -0.1) is 0 Å². The van der Waals surface area contributed by atoms with Gasteiger partial charge in [0.05, 0.1) is 11.4 Å². The minimum absolute atomic E-state index is 0.198. The summed E-state index contributed by atoms with van der Waals surface area (Å²) in [5.74, 6) is -2.87. The van der Waals surface area contributed by atoms with Crippen LogP contribution in [0, 0.1) is 11.6 Å². The van der Waals surface area contributed by atoms with E-state index < -0.39 is 23.1 Å². The highest BCUT2D eigenvalue weighted by molar-refractivity contribution is 9.10. The molecule has 3 nitrogen and oxygen atoms in total. The molecule has 0 aliphatic heterocycles. The number of nitrogens with two attached hydrogens (primary N) is 1. The van der Waals surface area contributed by atoms with E-state index in [4.69, 9.17) is 17.3 Å². The molecule has 0 saturated heterocycles. The molecule has 2 aromatic rings. The molecule has 0 aliphatic rings. The van der Waals surface area contributed by atoms with Crippen LogP contribution in [0.4, 0.5) is 20.2 Å². The van der Waals surface area contributed by atoms with Crippen LogP contribution in [0.3, 0.4) is 0 Å². The molecule has 3 N–H and O–H groups in total. The molecule has 1 amide bonds. The van der Waals surface area contributed by atoms with Gasteiger partial charge in [-0.3, -0.25) is 4.79 Å². The minimum Gasteiger partial charge on any atom is -0.397 e. The Morgan fingerprint density at radius 1 is 1.20 bits per heavy atom. The van der Waals surface area contributed by atoms with E-state index in [0.29, 0.717) is 5.02 Å². The molecule has 0 bridgehead atoms. The van der Waals surface area contributed by atoms with E-state index in [-0.39, 0.29) is 15.8 Å². The lowest BCUT2D eigenvalue weighted by Gasteiger charge is -2.10. The number of benzene rings is 2. The maximum absolute atomic E-state index is 13.6. The largest absolute Gasteiger partial charge is 0.397 e. The lowest BCUT2D eigenvalue weighted by molar-refractivity contribution is 0.101. The second kappa shape index (κ2) is 5.76. The van der Waals surface area contributed by atoms with E-state index in [1.54, 1.807) is 0 Å². The number of nitrogens with one attached hydrogen (secondary N) is 1. The van der Waals surface area contributed by atoms with Crippen LogP contribution in [-0.4, -0.2) is 5.91 Å². The summed E-state index contributed by atoms with van der Waals surface area (Å²) in [5, 5.41) is 2.73. The molecule has 0 saturated carbocycles. The summed E-state index contributed by atoms with van der Waals surface area (Å²) in [7, 11) is 0. The maximum atomic E-state index is 13.6. The first kappa shape index (κ1) is 14.7. The van der Waals surface area contributed by atoms with Crippen LogP contribution in [0.2, 0.25) is 5.02 Å². The van der Waals surface area contributed by atoms with Crippen molar-refractivity contribution in [3.8, 4) is 0 Å². The first-order valence-electron chi connectivity index (χ1n) is 5.39. The number of carbonyl (C=O) groups is 1. The third-order valence-corrected chi connectivity index (χ3v) is 3.19. The van der Waals surface area contributed by atoms with Crippen molar-refractivity contribution in [2.24, 2.45) is 0 Å². The van der Waals surface area contributed by atoms with E-state index in [1.165, 1.54) is 18.2 Å². The maximum Gasteiger partial charge on any atom is 0.261 e. The van der Waals surface area contributed by atoms with Crippen LogP contribution < -0.4 is 11.1 Å². The molecule has 0 radical (unpaired) electrons. The Morgan fingerprint density at radius 2 is 1.80 bits per heavy atom. The Balaban J connectivity index is 2.33. The Kier molecular flexibility index (Phi) is 4.25. The smallest absolute Gasteiger partial charge is 0.261 e. The number of hydrogen-bond acceptors (Lipinski definition) is 2. The van der Waals surface area contributed by atoms with Crippen molar-refractivity contribution in [3.63, 3.8) is 0 Å². The molecule has 0 spiro atoms. The summed E-state index contributed by atoms with van der Waals surface area (Å²) >= 11 is 8.66. The Hall–Kier alpha value is -1.66. The van der Waals surface area contributed by atoms with Crippen molar-refractivity contribution >= 4 is 44.8 Å². The number of hydrogen-bond donors (Lipinski definition) is 2. The first-order chi connectivity index (χ1) is 9.38. The molecule has 2 aromatic carbocycles. The summed E-state index contributed by atoms with van der Waals surface area (Å²) in [6.45, 7) is 0. The third kappa shape index (κ3) is 3.08. The molecule has 0 atom stereocenters. The van der Waals surface area contributed by atoms with Gasteiger partial charge < -0.3 is 11.1 Å². The van der Waals surface area contributed by atoms with Crippen LogP contribution in [0.15, 0.2) is 34.8 Å². The summed E-state index contributed by atoms with van der Waals surface area (Å²) in [6.07, 6.45) is 0. The van der Waals surface area contributed by atoms with Crippen molar-refractivity contribution < 1.29 is 13.6 Å². The summed E-state index contributed by atoms with van der Waals surface area (Å²) in [6, 6.07) is 6.38. The molecule has 2 rings (SSSR count). The van der Waals surface area contributed by atoms with E-state index in [0.717, 1.165) is 12.1 Å². The molecule has 104 valence electrons. The first-order valence-corrected chi connectivity index (χ1v) is 6.56. The topological polar surface area (TPSA) is 55.1 Å². The highest BCUT2D eigenvalue weighted by Gasteiger charge is 2.19. The van der Waals surface area contributed by atoms with E-state index >= 15 is 0 Å². The summed E-state index contributed by atoms with van der Waals surface area (Å²) < 4.78 is 27.5. The monoisotopic (exact) mass is 360 g/mol. The number of amides is 1. The highest BCUT2D eigenvalue weighted by Crippen LogP contribution is 2.25. The van der Waals surface area contributed by atoms with Crippen molar-refractivity contribution in [3.05, 3.63) is 57.0 Å². The molecule has 0 heterocycles. The van der Waals surface area contributed by atoms with Crippen LogP contribution >= 0.6 is 27.5 Å².